The Labute approximate surface area is 132 Å². The Bertz CT molecular complexity index is 772. The predicted octanol–water partition coefficient (Wildman–Crippen LogP) is 4.28. The van der Waals surface area contributed by atoms with Gasteiger partial charge in [0.25, 0.3) is 0 Å². The molecule has 0 aliphatic heterocycles. The second-order valence-corrected chi connectivity index (χ2v) is 6.45. The molecule has 3 rings (SSSR count). The number of rotatable bonds is 4. The van der Waals surface area contributed by atoms with E-state index in [0.717, 1.165) is 37.8 Å². The molecule has 3 aromatic rings. The van der Waals surface area contributed by atoms with E-state index in [1.807, 2.05) is 25.3 Å². The lowest BCUT2D eigenvalue weighted by atomic mass is 10.3. The van der Waals surface area contributed by atoms with Crippen LogP contribution in [0.25, 0.3) is 10.6 Å². The molecule has 0 atom stereocenters. The number of nitrogens with one attached hydrogen (secondary N) is 1. The topological polar surface area (TPSA) is 59.9 Å². The molecule has 0 aliphatic rings. The summed E-state index contributed by atoms with van der Waals surface area (Å²) in [5.74, 6) is 0.742. The van der Waals surface area contributed by atoms with Gasteiger partial charge in [-0.25, -0.2) is 9.97 Å². The van der Waals surface area contributed by atoms with E-state index in [0.29, 0.717) is 0 Å². The minimum atomic E-state index is 0. The highest BCUT2D eigenvalue weighted by Gasteiger charge is 2.12. The summed E-state index contributed by atoms with van der Waals surface area (Å²) in [6.45, 7) is 4.02. The van der Waals surface area contributed by atoms with E-state index >= 15 is 0 Å². The van der Waals surface area contributed by atoms with Crippen molar-refractivity contribution in [2.45, 2.75) is 13.8 Å². The number of anilines is 2. The molecule has 0 spiro atoms. The largest absolute Gasteiger partial charge is 0.494 e. The monoisotopic (exact) mass is 320 g/mol. The molecule has 3 aromatic heterocycles. The number of hydrogen-bond donors (Lipinski definition) is 1. The molecule has 0 saturated heterocycles. The zero-order valence-corrected chi connectivity index (χ0v) is 13.5. The number of nitrogens with zero attached hydrogens (tertiary/aromatic N) is 3. The van der Waals surface area contributed by atoms with Gasteiger partial charge in [0.1, 0.15) is 11.4 Å². The SMILES string of the molecule is COc1ccncc1Nc1nc(-c2sc(C)nc2C)cs1.[HH]. The third-order valence-corrected chi connectivity index (χ3v) is 4.74. The predicted molar refractivity (Wildman–Crippen MR) is 88.9 cm³/mol. The third kappa shape index (κ3) is 2.88. The minimum Gasteiger partial charge on any atom is -0.494 e. The fraction of sp³-hybridized carbons (Fsp3) is 0.214. The van der Waals surface area contributed by atoms with Crippen molar-refractivity contribution in [1.29, 1.82) is 0 Å². The van der Waals surface area contributed by atoms with Gasteiger partial charge in [0.2, 0.25) is 0 Å². The van der Waals surface area contributed by atoms with Crippen molar-refractivity contribution >= 4 is 33.5 Å². The Morgan fingerprint density at radius 3 is 2.86 bits per heavy atom. The van der Waals surface area contributed by atoms with Crippen LogP contribution in [-0.4, -0.2) is 22.1 Å². The number of aryl methyl sites for hydroxylation is 2. The summed E-state index contributed by atoms with van der Waals surface area (Å²) in [6, 6.07) is 1.81. The van der Waals surface area contributed by atoms with Crippen LogP contribution in [0.4, 0.5) is 10.8 Å². The lowest BCUT2D eigenvalue weighted by Gasteiger charge is -2.07. The smallest absolute Gasteiger partial charge is 0.187 e. The Morgan fingerprint density at radius 2 is 2.14 bits per heavy atom. The van der Waals surface area contributed by atoms with Crippen LogP contribution in [0.15, 0.2) is 23.8 Å². The average Bonchev–Trinajstić information content (AvgIpc) is 3.06. The van der Waals surface area contributed by atoms with E-state index in [-0.39, 0.29) is 1.43 Å². The molecule has 0 fully saturated rings. The molecule has 0 saturated carbocycles. The molecule has 21 heavy (non-hydrogen) atoms. The maximum Gasteiger partial charge on any atom is 0.187 e. The molecule has 0 aromatic carbocycles. The van der Waals surface area contributed by atoms with E-state index < -0.39 is 0 Å². The van der Waals surface area contributed by atoms with Gasteiger partial charge in [0.05, 0.1) is 34.6 Å². The van der Waals surface area contributed by atoms with Crippen LogP contribution in [0.5, 0.6) is 5.75 Å². The highest BCUT2D eigenvalue weighted by atomic mass is 32.1. The van der Waals surface area contributed by atoms with Gasteiger partial charge in [-0.05, 0) is 13.8 Å². The van der Waals surface area contributed by atoms with Crippen molar-refractivity contribution in [2.24, 2.45) is 0 Å². The summed E-state index contributed by atoms with van der Waals surface area (Å²) in [5, 5.41) is 7.14. The molecule has 0 amide bonds. The van der Waals surface area contributed by atoms with Crippen molar-refractivity contribution in [3.05, 3.63) is 34.5 Å². The van der Waals surface area contributed by atoms with Crippen LogP contribution in [0.2, 0.25) is 0 Å². The van der Waals surface area contributed by atoms with Gasteiger partial charge in [-0.1, -0.05) is 0 Å². The number of ether oxygens (including phenoxy) is 1. The van der Waals surface area contributed by atoms with Gasteiger partial charge >= 0.3 is 0 Å². The summed E-state index contributed by atoms with van der Waals surface area (Å²) < 4.78 is 5.30. The van der Waals surface area contributed by atoms with Crippen LogP contribution < -0.4 is 10.1 Å². The zero-order chi connectivity index (χ0) is 14.8. The first-order valence-electron chi connectivity index (χ1n) is 6.32. The van der Waals surface area contributed by atoms with Gasteiger partial charge in [-0.3, -0.25) is 4.98 Å². The molecule has 1 N–H and O–H groups in total. The van der Waals surface area contributed by atoms with Gasteiger partial charge in [0.15, 0.2) is 5.13 Å². The summed E-state index contributed by atoms with van der Waals surface area (Å²) >= 11 is 3.21. The number of pyridine rings is 1. The highest BCUT2D eigenvalue weighted by Crippen LogP contribution is 2.34. The first-order valence-corrected chi connectivity index (χ1v) is 8.02. The summed E-state index contributed by atoms with van der Waals surface area (Å²) in [6.07, 6.45) is 3.42. The van der Waals surface area contributed by atoms with Crippen LogP contribution in [-0.2, 0) is 0 Å². The van der Waals surface area contributed by atoms with E-state index in [2.05, 4.69) is 20.3 Å². The van der Waals surface area contributed by atoms with E-state index in [9.17, 15) is 0 Å². The molecule has 5 nitrogen and oxygen atoms in total. The maximum atomic E-state index is 5.30. The second kappa shape index (κ2) is 5.79. The molecular weight excluding hydrogens is 304 g/mol. The van der Waals surface area contributed by atoms with Gasteiger partial charge < -0.3 is 10.1 Å². The fourth-order valence-corrected chi connectivity index (χ4v) is 3.64. The zero-order valence-electron chi connectivity index (χ0n) is 11.9. The van der Waals surface area contributed by atoms with Crippen molar-refractivity contribution in [2.75, 3.05) is 12.4 Å². The Balaban J connectivity index is 0.00000176. The van der Waals surface area contributed by atoms with Crippen LogP contribution >= 0.6 is 22.7 Å². The lowest BCUT2D eigenvalue weighted by molar-refractivity contribution is 0.416. The van der Waals surface area contributed by atoms with Gasteiger partial charge in [0, 0.05) is 19.1 Å². The van der Waals surface area contributed by atoms with Crippen LogP contribution in [0.1, 0.15) is 12.1 Å². The molecule has 3 heterocycles. The number of thiazole rings is 2. The summed E-state index contributed by atoms with van der Waals surface area (Å²) in [5.41, 5.74) is 2.78. The van der Waals surface area contributed by atoms with Crippen molar-refractivity contribution in [3.8, 4) is 16.3 Å². The molecule has 110 valence electrons. The Hall–Kier alpha value is -1.99. The average molecular weight is 320 g/mol. The molecule has 0 bridgehead atoms. The lowest BCUT2D eigenvalue weighted by Crippen LogP contribution is -1.94. The minimum absolute atomic E-state index is 0. The number of aromatic nitrogens is 3. The quantitative estimate of drug-likeness (QED) is 0.777. The highest BCUT2D eigenvalue weighted by molar-refractivity contribution is 7.16. The van der Waals surface area contributed by atoms with Gasteiger partial charge in [-0.2, -0.15) is 0 Å². The van der Waals surface area contributed by atoms with Crippen LogP contribution in [0.3, 0.4) is 0 Å². The third-order valence-electron chi connectivity index (χ3n) is 2.88. The molecule has 7 heteroatoms. The molecule has 0 unspecified atom stereocenters. The number of hydrogen-bond acceptors (Lipinski definition) is 7. The molecule has 0 aliphatic carbocycles. The second-order valence-electron chi connectivity index (χ2n) is 4.39. The number of methoxy groups -OCH3 is 1. The first kappa shape index (κ1) is 14.0. The first-order chi connectivity index (χ1) is 10.2. The van der Waals surface area contributed by atoms with E-state index in [1.54, 1.807) is 42.2 Å². The normalized spacial score (nSPS) is 10.6. The molecular formula is C14H16N4OS2. The van der Waals surface area contributed by atoms with Crippen molar-refractivity contribution < 1.29 is 6.16 Å². The summed E-state index contributed by atoms with van der Waals surface area (Å²) in [4.78, 5) is 14.3. The fourth-order valence-electron chi connectivity index (χ4n) is 1.97. The standard InChI is InChI=1S/C14H14N4OS2.H2/c1-8-13(21-9(2)16-8)11-7-20-14(18-11)17-10-6-15-5-4-12(10)19-3;/h4-7H,1-3H3,(H,17,18);1H. The van der Waals surface area contributed by atoms with Crippen LogP contribution in [0, 0.1) is 13.8 Å². The van der Waals surface area contributed by atoms with Crippen molar-refractivity contribution in [1.82, 2.24) is 15.0 Å². The maximum absolute atomic E-state index is 5.30. The van der Waals surface area contributed by atoms with E-state index in [4.69, 9.17) is 4.74 Å². The van der Waals surface area contributed by atoms with E-state index in [1.165, 1.54) is 0 Å². The molecule has 0 radical (unpaired) electrons. The summed E-state index contributed by atoms with van der Waals surface area (Å²) in [7, 11) is 1.64. The van der Waals surface area contributed by atoms with Gasteiger partial charge in [-0.15, -0.1) is 22.7 Å². The Morgan fingerprint density at radius 1 is 1.29 bits per heavy atom. The Kier molecular flexibility index (Phi) is 3.85. The van der Waals surface area contributed by atoms with Crippen molar-refractivity contribution in [3.63, 3.8) is 0 Å².